The molecule has 0 saturated carbocycles. The largest absolute Gasteiger partial charge is 0.491 e. The van der Waals surface area contributed by atoms with Crippen molar-refractivity contribution in [1.29, 1.82) is 0 Å². The molecule has 0 unspecified atom stereocenters. The summed E-state index contributed by atoms with van der Waals surface area (Å²) in [5.41, 5.74) is 0.654. The number of halogens is 1. The first-order valence-corrected chi connectivity index (χ1v) is 7.52. The monoisotopic (exact) mass is 296 g/mol. The molecule has 2 rings (SSSR count). The standard InChI is InChI=1S/C15H21ClN2O2/c1-2-8-20-14-6-5-12(16)9-13(14)18-15(19)11-4-3-7-17-10-11/h5-6,9,11,17H,2-4,7-8,10H2,1H3,(H,18,19)/t11-/m0/s1. The van der Waals surface area contributed by atoms with E-state index in [1.165, 1.54) is 0 Å². The number of carbonyl (C=O) groups is 1. The molecule has 2 N–H and O–H groups in total. The first-order valence-electron chi connectivity index (χ1n) is 7.14. The zero-order chi connectivity index (χ0) is 14.4. The van der Waals surface area contributed by atoms with Crippen LogP contribution in [0.4, 0.5) is 5.69 Å². The average molecular weight is 297 g/mol. The maximum absolute atomic E-state index is 12.3. The van der Waals surface area contributed by atoms with Crippen molar-refractivity contribution in [3.8, 4) is 5.75 Å². The molecule has 4 nitrogen and oxygen atoms in total. The number of piperidine rings is 1. The van der Waals surface area contributed by atoms with E-state index in [-0.39, 0.29) is 11.8 Å². The Morgan fingerprint density at radius 3 is 3.10 bits per heavy atom. The lowest BCUT2D eigenvalue weighted by molar-refractivity contribution is -0.120. The second-order valence-electron chi connectivity index (χ2n) is 5.02. The molecule has 5 heteroatoms. The Bertz CT molecular complexity index is 459. The number of hydrogen-bond donors (Lipinski definition) is 2. The van der Waals surface area contributed by atoms with Gasteiger partial charge in [0.2, 0.25) is 5.91 Å². The summed E-state index contributed by atoms with van der Waals surface area (Å²) in [5, 5.41) is 6.77. The van der Waals surface area contributed by atoms with Gasteiger partial charge in [0.15, 0.2) is 0 Å². The van der Waals surface area contributed by atoms with E-state index in [9.17, 15) is 4.79 Å². The third kappa shape index (κ3) is 4.12. The Balaban J connectivity index is 2.06. The van der Waals surface area contributed by atoms with Crippen molar-refractivity contribution in [2.75, 3.05) is 25.0 Å². The van der Waals surface area contributed by atoms with Crippen LogP contribution in [0.2, 0.25) is 5.02 Å². The predicted molar refractivity (Wildman–Crippen MR) is 81.5 cm³/mol. The fourth-order valence-electron chi connectivity index (χ4n) is 2.25. The van der Waals surface area contributed by atoms with Crippen LogP contribution in [-0.4, -0.2) is 25.6 Å². The smallest absolute Gasteiger partial charge is 0.228 e. The number of rotatable bonds is 5. The van der Waals surface area contributed by atoms with Crippen LogP contribution in [0.15, 0.2) is 18.2 Å². The first kappa shape index (κ1) is 15.1. The van der Waals surface area contributed by atoms with Gasteiger partial charge >= 0.3 is 0 Å². The Kier molecular flexibility index (Phi) is 5.68. The van der Waals surface area contributed by atoms with Crippen molar-refractivity contribution in [3.05, 3.63) is 23.2 Å². The maximum Gasteiger partial charge on any atom is 0.228 e. The van der Waals surface area contributed by atoms with Crippen LogP contribution in [0.1, 0.15) is 26.2 Å². The molecule has 20 heavy (non-hydrogen) atoms. The molecule has 1 heterocycles. The van der Waals surface area contributed by atoms with Gasteiger partial charge in [-0.3, -0.25) is 4.79 Å². The molecule has 1 aliphatic rings. The van der Waals surface area contributed by atoms with Crippen LogP contribution < -0.4 is 15.4 Å². The molecular weight excluding hydrogens is 276 g/mol. The third-order valence-electron chi connectivity index (χ3n) is 3.33. The lowest BCUT2D eigenvalue weighted by Gasteiger charge is -2.22. The molecule has 1 amide bonds. The van der Waals surface area contributed by atoms with Crippen LogP contribution in [0, 0.1) is 5.92 Å². The van der Waals surface area contributed by atoms with Crippen molar-refractivity contribution in [3.63, 3.8) is 0 Å². The highest BCUT2D eigenvalue weighted by molar-refractivity contribution is 6.31. The molecule has 1 aliphatic heterocycles. The fourth-order valence-corrected chi connectivity index (χ4v) is 2.42. The second-order valence-corrected chi connectivity index (χ2v) is 5.46. The molecule has 1 aromatic rings. The summed E-state index contributed by atoms with van der Waals surface area (Å²) < 4.78 is 5.64. The van der Waals surface area contributed by atoms with E-state index in [1.807, 2.05) is 6.92 Å². The van der Waals surface area contributed by atoms with Crippen LogP contribution in [0.25, 0.3) is 0 Å². The Morgan fingerprint density at radius 2 is 2.40 bits per heavy atom. The zero-order valence-electron chi connectivity index (χ0n) is 11.7. The fraction of sp³-hybridized carbons (Fsp3) is 0.533. The summed E-state index contributed by atoms with van der Waals surface area (Å²) in [6.45, 7) is 4.39. The number of anilines is 1. The van der Waals surface area contributed by atoms with Crippen molar-refractivity contribution < 1.29 is 9.53 Å². The predicted octanol–water partition coefficient (Wildman–Crippen LogP) is 3.07. The van der Waals surface area contributed by atoms with E-state index in [0.29, 0.717) is 23.1 Å². The zero-order valence-corrected chi connectivity index (χ0v) is 12.5. The first-order chi connectivity index (χ1) is 9.70. The minimum Gasteiger partial charge on any atom is -0.491 e. The number of nitrogens with one attached hydrogen (secondary N) is 2. The second kappa shape index (κ2) is 7.50. The molecule has 1 aromatic carbocycles. The minimum absolute atomic E-state index is 0.0155. The van der Waals surface area contributed by atoms with Gasteiger partial charge in [0.25, 0.3) is 0 Å². The molecular formula is C15H21ClN2O2. The van der Waals surface area contributed by atoms with Gasteiger partial charge in [0, 0.05) is 11.6 Å². The molecule has 0 bridgehead atoms. The summed E-state index contributed by atoms with van der Waals surface area (Å²) in [5.74, 6) is 0.718. The molecule has 1 saturated heterocycles. The van der Waals surface area contributed by atoms with E-state index < -0.39 is 0 Å². The lowest BCUT2D eigenvalue weighted by atomic mass is 9.99. The van der Waals surface area contributed by atoms with Gasteiger partial charge in [0.1, 0.15) is 5.75 Å². The quantitative estimate of drug-likeness (QED) is 0.878. The van der Waals surface area contributed by atoms with Gasteiger partial charge < -0.3 is 15.4 Å². The number of ether oxygens (including phenoxy) is 1. The number of carbonyl (C=O) groups excluding carboxylic acids is 1. The highest BCUT2D eigenvalue weighted by Gasteiger charge is 2.21. The molecule has 0 spiro atoms. The molecule has 0 aliphatic carbocycles. The number of amides is 1. The van der Waals surface area contributed by atoms with Gasteiger partial charge in [-0.15, -0.1) is 0 Å². The summed E-state index contributed by atoms with van der Waals surface area (Å²) in [7, 11) is 0. The maximum atomic E-state index is 12.3. The van der Waals surface area contributed by atoms with Crippen LogP contribution in [0.3, 0.4) is 0 Å². The number of hydrogen-bond acceptors (Lipinski definition) is 3. The normalized spacial score (nSPS) is 18.6. The summed E-state index contributed by atoms with van der Waals surface area (Å²) in [4.78, 5) is 12.3. The summed E-state index contributed by atoms with van der Waals surface area (Å²) in [6.07, 6.45) is 2.87. The molecule has 0 aromatic heterocycles. The van der Waals surface area contributed by atoms with Crippen molar-refractivity contribution in [1.82, 2.24) is 5.32 Å². The Hall–Kier alpha value is -1.26. The van der Waals surface area contributed by atoms with Crippen LogP contribution >= 0.6 is 11.6 Å². The topological polar surface area (TPSA) is 50.4 Å². The van der Waals surface area contributed by atoms with Crippen LogP contribution in [-0.2, 0) is 4.79 Å². The molecule has 1 fully saturated rings. The van der Waals surface area contributed by atoms with E-state index in [1.54, 1.807) is 18.2 Å². The Labute approximate surface area is 124 Å². The van der Waals surface area contributed by atoms with Gasteiger partial charge in [-0.2, -0.15) is 0 Å². The van der Waals surface area contributed by atoms with Gasteiger partial charge in [-0.25, -0.2) is 0 Å². The highest BCUT2D eigenvalue weighted by Crippen LogP contribution is 2.29. The van der Waals surface area contributed by atoms with Gasteiger partial charge in [-0.1, -0.05) is 18.5 Å². The lowest BCUT2D eigenvalue weighted by Crippen LogP contribution is -2.37. The van der Waals surface area contributed by atoms with Crippen molar-refractivity contribution in [2.24, 2.45) is 5.92 Å². The van der Waals surface area contributed by atoms with E-state index in [2.05, 4.69) is 10.6 Å². The molecule has 0 radical (unpaired) electrons. The van der Waals surface area contributed by atoms with Gasteiger partial charge in [-0.05, 0) is 44.0 Å². The minimum atomic E-state index is 0.0155. The van der Waals surface area contributed by atoms with E-state index in [4.69, 9.17) is 16.3 Å². The van der Waals surface area contributed by atoms with Crippen LogP contribution in [0.5, 0.6) is 5.75 Å². The molecule has 110 valence electrons. The molecule has 1 atom stereocenters. The number of benzene rings is 1. The van der Waals surface area contributed by atoms with Crippen molar-refractivity contribution >= 4 is 23.2 Å². The SMILES string of the molecule is CCCOc1ccc(Cl)cc1NC(=O)[C@H]1CCCNC1. The average Bonchev–Trinajstić information content (AvgIpc) is 2.47. The third-order valence-corrected chi connectivity index (χ3v) is 3.56. The summed E-state index contributed by atoms with van der Waals surface area (Å²) in [6, 6.07) is 5.30. The van der Waals surface area contributed by atoms with E-state index >= 15 is 0 Å². The van der Waals surface area contributed by atoms with Gasteiger partial charge in [0.05, 0.1) is 18.2 Å². The Morgan fingerprint density at radius 1 is 1.55 bits per heavy atom. The van der Waals surface area contributed by atoms with Crippen molar-refractivity contribution in [2.45, 2.75) is 26.2 Å². The summed E-state index contributed by atoms with van der Waals surface area (Å²) >= 11 is 6.00. The van der Waals surface area contributed by atoms with E-state index in [0.717, 1.165) is 32.4 Å². The highest BCUT2D eigenvalue weighted by atomic mass is 35.5.